The molecule has 3 aromatic carbocycles. The summed E-state index contributed by atoms with van der Waals surface area (Å²) in [6, 6.07) is 22.9. The lowest BCUT2D eigenvalue weighted by molar-refractivity contribution is 0.0988. The Hall–Kier alpha value is -4.19. The Kier molecular flexibility index (Phi) is 5.26. The number of carbonyl (C=O) groups is 2. The van der Waals surface area contributed by atoms with Gasteiger partial charge in [0.2, 0.25) is 0 Å². The number of anilines is 2. The van der Waals surface area contributed by atoms with Crippen LogP contribution in [0.25, 0.3) is 5.69 Å². The first-order valence-corrected chi connectivity index (χ1v) is 10.9. The Morgan fingerprint density at radius 2 is 1.58 bits per heavy atom. The molecule has 0 bridgehead atoms. The number of rotatable bonds is 4. The van der Waals surface area contributed by atoms with Gasteiger partial charge in [-0.25, -0.2) is 4.68 Å². The highest BCUT2D eigenvalue weighted by Gasteiger charge is 2.25. The second kappa shape index (κ2) is 8.39. The first-order valence-electron chi connectivity index (χ1n) is 10.9. The smallest absolute Gasteiger partial charge is 0.259 e. The highest BCUT2D eigenvalue weighted by molar-refractivity contribution is 6.08. The quantitative estimate of drug-likeness (QED) is 0.493. The van der Waals surface area contributed by atoms with Crippen LogP contribution in [0.3, 0.4) is 0 Å². The minimum Gasteiger partial charge on any atom is -0.322 e. The van der Waals surface area contributed by atoms with Crippen LogP contribution in [0.4, 0.5) is 11.4 Å². The third-order valence-electron chi connectivity index (χ3n) is 6.12. The molecule has 2 amide bonds. The standard InChI is InChI=1S/C27H24N4O2/c1-18-7-3-5-9-24(18)31-19(2)23(17-28-31)26(32)29-22-13-11-21(12-14-22)27(33)30-16-15-20-8-4-6-10-25(20)30/h3-14,17H,15-16H2,1-2H3,(H,29,32). The van der Waals surface area contributed by atoms with E-state index in [9.17, 15) is 9.59 Å². The van der Waals surface area contributed by atoms with Gasteiger partial charge in [-0.05, 0) is 67.8 Å². The molecular formula is C27H24N4O2. The zero-order valence-electron chi connectivity index (χ0n) is 18.6. The third kappa shape index (κ3) is 3.80. The van der Waals surface area contributed by atoms with Gasteiger partial charge in [-0.15, -0.1) is 0 Å². The first kappa shape index (κ1) is 20.7. The third-order valence-corrected chi connectivity index (χ3v) is 6.12. The van der Waals surface area contributed by atoms with E-state index in [0.29, 0.717) is 23.4 Å². The minimum absolute atomic E-state index is 0.0341. The Balaban J connectivity index is 1.31. The minimum atomic E-state index is -0.236. The van der Waals surface area contributed by atoms with Crippen molar-refractivity contribution in [1.29, 1.82) is 0 Å². The van der Waals surface area contributed by atoms with Gasteiger partial charge >= 0.3 is 0 Å². The molecule has 164 valence electrons. The number of hydrogen-bond acceptors (Lipinski definition) is 3. The van der Waals surface area contributed by atoms with E-state index in [1.54, 1.807) is 35.1 Å². The van der Waals surface area contributed by atoms with Gasteiger partial charge in [0.1, 0.15) is 0 Å². The molecule has 6 heteroatoms. The Labute approximate surface area is 192 Å². The van der Waals surface area contributed by atoms with Crippen molar-refractivity contribution >= 4 is 23.2 Å². The van der Waals surface area contributed by atoms with E-state index in [4.69, 9.17) is 0 Å². The summed E-state index contributed by atoms with van der Waals surface area (Å²) < 4.78 is 1.78. The van der Waals surface area contributed by atoms with Crippen molar-refractivity contribution in [3.8, 4) is 5.69 Å². The van der Waals surface area contributed by atoms with Crippen LogP contribution in [-0.2, 0) is 6.42 Å². The van der Waals surface area contributed by atoms with Crippen molar-refractivity contribution in [2.24, 2.45) is 0 Å². The Morgan fingerprint density at radius 3 is 2.33 bits per heavy atom. The van der Waals surface area contributed by atoms with Crippen molar-refractivity contribution < 1.29 is 9.59 Å². The van der Waals surface area contributed by atoms with Gasteiger partial charge in [-0.2, -0.15) is 5.10 Å². The van der Waals surface area contributed by atoms with E-state index >= 15 is 0 Å². The molecule has 1 aliphatic rings. The second-order valence-corrected chi connectivity index (χ2v) is 8.21. The van der Waals surface area contributed by atoms with Gasteiger partial charge in [0.25, 0.3) is 11.8 Å². The summed E-state index contributed by atoms with van der Waals surface area (Å²) in [6.45, 7) is 4.57. The fraction of sp³-hybridized carbons (Fsp3) is 0.148. The molecule has 0 radical (unpaired) electrons. The predicted molar refractivity (Wildman–Crippen MR) is 129 cm³/mol. The molecule has 2 heterocycles. The number of para-hydroxylation sites is 2. The van der Waals surface area contributed by atoms with Gasteiger partial charge in [0.05, 0.1) is 23.1 Å². The molecule has 0 aliphatic carbocycles. The van der Waals surface area contributed by atoms with Crippen LogP contribution in [-0.4, -0.2) is 28.1 Å². The zero-order chi connectivity index (χ0) is 22.9. The van der Waals surface area contributed by atoms with E-state index in [-0.39, 0.29) is 11.8 Å². The van der Waals surface area contributed by atoms with E-state index < -0.39 is 0 Å². The number of hydrogen-bond donors (Lipinski definition) is 1. The zero-order valence-corrected chi connectivity index (χ0v) is 18.6. The number of aryl methyl sites for hydroxylation is 1. The summed E-state index contributed by atoms with van der Waals surface area (Å²) in [5, 5.41) is 7.33. The van der Waals surface area contributed by atoms with Gasteiger partial charge in [-0.3, -0.25) is 9.59 Å². The normalized spacial score (nSPS) is 12.5. The SMILES string of the molecule is Cc1ccccc1-n1ncc(C(=O)Nc2ccc(C(=O)N3CCc4ccccc43)cc2)c1C. The summed E-state index contributed by atoms with van der Waals surface area (Å²) in [5.74, 6) is -0.270. The van der Waals surface area contributed by atoms with Gasteiger partial charge in [-0.1, -0.05) is 36.4 Å². The summed E-state index contributed by atoms with van der Waals surface area (Å²) in [4.78, 5) is 27.7. The van der Waals surface area contributed by atoms with Crippen molar-refractivity contribution in [2.75, 3.05) is 16.8 Å². The van der Waals surface area contributed by atoms with E-state index in [0.717, 1.165) is 29.1 Å². The fourth-order valence-electron chi connectivity index (χ4n) is 4.28. The Bertz CT molecular complexity index is 1350. The molecule has 1 N–H and O–H groups in total. The lowest BCUT2D eigenvalue weighted by atomic mass is 10.1. The molecule has 0 saturated heterocycles. The number of amides is 2. The number of fused-ring (bicyclic) bond motifs is 1. The van der Waals surface area contributed by atoms with Gasteiger partial charge in [0, 0.05) is 23.5 Å². The lowest BCUT2D eigenvalue weighted by Crippen LogP contribution is -2.28. The number of nitrogens with zero attached hydrogens (tertiary/aromatic N) is 3. The molecule has 0 fully saturated rings. The maximum atomic E-state index is 13.0. The first-order chi connectivity index (χ1) is 16.0. The monoisotopic (exact) mass is 436 g/mol. The van der Waals surface area contributed by atoms with Crippen LogP contribution in [0.5, 0.6) is 0 Å². The topological polar surface area (TPSA) is 67.2 Å². The molecule has 33 heavy (non-hydrogen) atoms. The average Bonchev–Trinajstić information content (AvgIpc) is 3.43. The van der Waals surface area contributed by atoms with Crippen LogP contribution in [0.15, 0.2) is 79.0 Å². The van der Waals surface area contributed by atoms with Crippen molar-refractivity contribution in [3.63, 3.8) is 0 Å². The van der Waals surface area contributed by atoms with Crippen LogP contribution in [0.2, 0.25) is 0 Å². The van der Waals surface area contributed by atoms with E-state index in [2.05, 4.69) is 16.5 Å². The number of carbonyl (C=O) groups excluding carboxylic acids is 2. The van der Waals surface area contributed by atoms with Crippen molar-refractivity contribution in [3.05, 3.63) is 107 Å². The van der Waals surface area contributed by atoms with Gasteiger partial charge in [0.15, 0.2) is 0 Å². The van der Waals surface area contributed by atoms with Crippen molar-refractivity contribution in [1.82, 2.24) is 9.78 Å². The molecular weight excluding hydrogens is 412 g/mol. The maximum absolute atomic E-state index is 13.0. The lowest BCUT2D eigenvalue weighted by Gasteiger charge is -2.17. The van der Waals surface area contributed by atoms with Crippen LogP contribution < -0.4 is 10.2 Å². The largest absolute Gasteiger partial charge is 0.322 e. The molecule has 1 aromatic heterocycles. The summed E-state index contributed by atoms with van der Waals surface area (Å²) in [7, 11) is 0. The molecule has 6 nitrogen and oxygen atoms in total. The van der Waals surface area contributed by atoms with Gasteiger partial charge < -0.3 is 10.2 Å². The maximum Gasteiger partial charge on any atom is 0.259 e. The molecule has 5 rings (SSSR count). The Morgan fingerprint density at radius 1 is 0.879 bits per heavy atom. The summed E-state index contributed by atoms with van der Waals surface area (Å²) in [5.41, 5.74) is 6.68. The highest BCUT2D eigenvalue weighted by Crippen LogP contribution is 2.29. The molecule has 0 saturated carbocycles. The number of nitrogens with one attached hydrogen (secondary N) is 1. The predicted octanol–water partition coefficient (Wildman–Crippen LogP) is 4.94. The molecule has 0 spiro atoms. The van der Waals surface area contributed by atoms with Crippen molar-refractivity contribution in [2.45, 2.75) is 20.3 Å². The van der Waals surface area contributed by atoms with E-state index in [1.807, 2.05) is 61.2 Å². The molecule has 0 atom stereocenters. The summed E-state index contributed by atoms with van der Waals surface area (Å²) in [6.07, 6.45) is 2.45. The summed E-state index contributed by atoms with van der Waals surface area (Å²) >= 11 is 0. The average molecular weight is 437 g/mol. The van der Waals surface area contributed by atoms with Crippen LogP contribution in [0.1, 0.15) is 37.5 Å². The van der Waals surface area contributed by atoms with Crippen LogP contribution >= 0.6 is 0 Å². The molecule has 4 aromatic rings. The molecule has 1 aliphatic heterocycles. The molecule has 0 unspecified atom stereocenters. The fourth-order valence-corrected chi connectivity index (χ4v) is 4.28. The second-order valence-electron chi connectivity index (χ2n) is 8.21. The number of benzene rings is 3. The number of aromatic nitrogens is 2. The highest BCUT2D eigenvalue weighted by atomic mass is 16.2. The van der Waals surface area contributed by atoms with E-state index in [1.165, 1.54) is 5.56 Å². The van der Waals surface area contributed by atoms with Crippen LogP contribution in [0, 0.1) is 13.8 Å².